The van der Waals surface area contributed by atoms with Crippen LogP contribution in [0.5, 0.6) is 5.75 Å². The van der Waals surface area contributed by atoms with Crippen LogP contribution in [-0.2, 0) is 22.8 Å². The fourth-order valence-corrected chi connectivity index (χ4v) is 3.43. The van der Waals surface area contributed by atoms with Crippen molar-refractivity contribution in [3.8, 4) is 5.75 Å². The number of nitrogens with zero attached hydrogens (tertiary/aromatic N) is 1. The predicted molar refractivity (Wildman–Crippen MR) is 123 cm³/mol. The van der Waals surface area contributed by atoms with Crippen molar-refractivity contribution >= 4 is 15.8 Å². The van der Waals surface area contributed by atoms with Gasteiger partial charge in [0, 0.05) is 24.9 Å². The van der Waals surface area contributed by atoms with E-state index in [1.165, 1.54) is 6.26 Å². The number of ether oxygens (including phenoxy) is 1. The number of aliphatic imine (C=N–C) groups is 1. The highest BCUT2D eigenvalue weighted by molar-refractivity contribution is 7.90. The number of sulfone groups is 1. The summed E-state index contributed by atoms with van der Waals surface area (Å²) >= 11 is 0. The first kappa shape index (κ1) is 23.7. The highest BCUT2D eigenvalue weighted by Gasteiger charge is 2.14. The second kappa shape index (κ2) is 10.5. The summed E-state index contributed by atoms with van der Waals surface area (Å²) in [4.78, 5) is 5.03. The van der Waals surface area contributed by atoms with Gasteiger partial charge in [0.25, 0.3) is 0 Å². The number of rotatable bonds is 8. The zero-order chi connectivity index (χ0) is 22.2. The summed E-state index contributed by atoms with van der Waals surface area (Å²) in [5, 5.41) is 6.59. The van der Waals surface area contributed by atoms with Crippen molar-refractivity contribution in [3.05, 3.63) is 59.7 Å². The standard InChI is InChI=1S/C23H33N3O3S/c1-6-24-22(25-16-15-18-11-13-20(14-12-18)30(5,27)28)26-17-19-9-7-8-10-21(19)29-23(2,3)4/h7-14H,6,15-17H2,1-5H3,(H2,24,25,26). The summed E-state index contributed by atoms with van der Waals surface area (Å²) in [6, 6.07) is 14.9. The Hall–Kier alpha value is -2.54. The van der Waals surface area contributed by atoms with Gasteiger partial charge in [-0.05, 0) is 57.9 Å². The molecule has 0 unspecified atom stereocenters. The molecule has 0 amide bonds. The smallest absolute Gasteiger partial charge is 0.191 e. The minimum Gasteiger partial charge on any atom is -0.488 e. The van der Waals surface area contributed by atoms with Crippen LogP contribution in [0.2, 0.25) is 0 Å². The van der Waals surface area contributed by atoms with Gasteiger partial charge in [-0.3, -0.25) is 0 Å². The molecule has 2 rings (SSSR count). The SMILES string of the molecule is CCNC(=NCc1ccccc1OC(C)(C)C)NCCc1ccc(S(C)(=O)=O)cc1. The van der Waals surface area contributed by atoms with Crippen molar-refractivity contribution in [1.29, 1.82) is 0 Å². The molecule has 0 radical (unpaired) electrons. The zero-order valence-corrected chi connectivity index (χ0v) is 19.3. The first-order chi connectivity index (χ1) is 14.1. The quantitative estimate of drug-likeness (QED) is 0.493. The Morgan fingerprint density at radius 1 is 1.03 bits per heavy atom. The van der Waals surface area contributed by atoms with Crippen LogP contribution < -0.4 is 15.4 Å². The average Bonchev–Trinajstić information content (AvgIpc) is 2.65. The fourth-order valence-electron chi connectivity index (χ4n) is 2.80. The Morgan fingerprint density at radius 3 is 2.30 bits per heavy atom. The summed E-state index contributed by atoms with van der Waals surface area (Å²) in [6.45, 7) is 10.1. The Labute approximate surface area is 180 Å². The zero-order valence-electron chi connectivity index (χ0n) is 18.5. The maximum atomic E-state index is 11.6. The molecule has 6 nitrogen and oxygen atoms in total. The van der Waals surface area contributed by atoms with E-state index in [9.17, 15) is 8.42 Å². The Bertz CT molecular complexity index is 946. The Morgan fingerprint density at radius 2 is 1.70 bits per heavy atom. The third-order valence-electron chi connectivity index (χ3n) is 4.20. The molecule has 0 atom stereocenters. The van der Waals surface area contributed by atoms with Crippen molar-refractivity contribution in [3.63, 3.8) is 0 Å². The molecular formula is C23H33N3O3S. The second-order valence-corrected chi connectivity index (χ2v) is 10.1. The number of hydrogen-bond donors (Lipinski definition) is 2. The number of nitrogens with one attached hydrogen (secondary N) is 2. The van der Waals surface area contributed by atoms with Gasteiger partial charge in [-0.15, -0.1) is 0 Å². The summed E-state index contributed by atoms with van der Waals surface area (Å²) in [5.41, 5.74) is 1.82. The lowest BCUT2D eigenvalue weighted by molar-refractivity contribution is 0.129. The minimum absolute atomic E-state index is 0.269. The molecule has 0 aliphatic carbocycles. The molecule has 0 fully saturated rings. The number of benzene rings is 2. The van der Waals surface area contributed by atoms with Gasteiger partial charge < -0.3 is 15.4 Å². The van der Waals surface area contributed by atoms with Gasteiger partial charge in [-0.2, -0.15) is 0 Å². The highest BCUT2D eigenvalue weighted by atomic mass is 32.2. The van der Waals surface area contributed by atoms with Crippen LogP contribution in [0.25, 0.3) is 0 Å². The van der Waals surface area contributed by atoms with Crippen LogP contribution in [0.1, 0.15) is 38.8 Å². The van der Waals surface area contributed by atoms with E-state index in [2.05, 4.69) is 15.6 Å². The summed E-state index contributed by atoms with van der Waals surface area (Å²) in [6.07, 6.45) is 1.98. The van der Waals surface area contributed by atoms with Crippen LogP contribution in [0.3, 0.4) is 0 Å². The topological polar surface area (TPSA) is 79.8 Å². The molecule has 2 aromatic carbocycles. The van der Waals surface area contributed by atoms with E-state index in [1.54, 1.807) is 12.1 Å². The van der Waals surface area contributed by atoms with Gasteiger partial charge in [0.15, 0.2) is 15.8 Å². The van der Waals surface area contributed by atoms with Crippen molar-refractivity contribution < 1.29 is 13.2 Å². The maximum Gasteiger partial charge on any atom is 0.191 e. The molecule has 0 bridgehead atoms. The Balaban J connectivity index is 1.99. The lowest BCUT2D eigenvalue weighted by Crippen LogP contribution is -2.38. The largest absolute Gasteiger partial charge is 0.488 e. The van der Waals surface area contributed by atoms with Crippen LogP contribution in [0.4, 0.5) is 0 Å². The molecule has 0 saturated carbocycles. The highest BCUT2D eigenvalue weighted by Crippen LogP contribution is 2.23. The summed E-state index contributed by atoms with van der Waals surface area (Å²) in [7, 11) is -3.16. The van der Waals surface area contributed by atoms with Crippen LogP contribution >= 0.6 is 0 Å². The van der Waals surface area contributed by atoms with E-state index in [4.69, 9.17) is 4.74 Å². The second-order valence-electron chi connectivity index (χ2n) is 8.11. The molecule has 0 aliphatic heterocycles. The normalized spacial score (nSPS) is 12.5. The number of guanidine groups is 1. The molecule has 30 heavy (non-hydrogen) atoms. The van der Waals surface area contributed by atoms with E-state index < -0.39 is 9.84 Å². The molecule has 0 saturated heterocycles. The third-order valence-corrected chi connectivity index (χ3v) is 5.33. The molecule has 7 heteroatoms. The minimum atomic E-state index is -3.16. The van der Waals surface area contributed by atoms with E-state index in [0.29, 0.717) is 18.0 Å². The lowest BCUT2D eigenvalue weighted by Gasteiger charge is -2.23. The maximum absolute atomic E-state index is 11.6. The van der Waals surface area contributed by atoms with Crippen molar-refractivity contribution in [2.75, 3.05) is 19.3 Å². The van der Waals surface area contributed by atoms with Gasteiger partial charge in [0.1, 0.15) is 11.4 Å². The molecular weight excluding hydrogens is 398 g/mol. The van der Waals surface area contributed by atoms with Crippen LogP contribution in [0.15, 0.2) is 58.4 Å². The molecule has 0 heterocycles. The van der Waals surface area contributed by atoms with Crippen LogP contribution in [-0.4, -0.2) is 39.3 Å². The van der Waals surface area contributed by atoms with Gasteiger partial charge in [0.05, 0.1) is 11.4 Å². The van der Waals surface area contributed by atoms with Crippen molar-refractivity contribution in [2.45, 2.75) is 51.2 Å². The van der Waals surface area contributed by atoms with Gasteiger partial charge in [-0.1, -0.05) is 30.3 Å². The van der Waals surface area contributed by atoms with E-state index >= 15 is 0 Å². The van der Waals surface area contributed by atoms with Crippen molar-refractivity contribution in [1.82, 2.24) is 10.6 Å². The molecule has 0 aromatic heterocycles. The van der Waals surface area contributed by atoms with Crippen LogP contribution in [0, 0.1) is 0 Å². The summed E-state index contributed by atoms with van der Waals surface area (Å²) < 4.78 is 29.2. The monoisotopic (exact) mass is 431 g/mol. The summed E-state index contributed by atoms with van der Waals surface area (Å²) in [5.74, 6) is 1.58. The molecule has 0 aliphatic rings. The van der Waals surface area contributed by atoms with Gasteiger partial charge >= 0.3 is 0 Å². The Kier molecular flexibility index (Phi) is 8.29. The molecule has 0 spiro atoms. The number of hydrogen-bond acceptors (Lipinski definition) is 4. The lowest BCUT2D eigenvalue weighted by atomic mass is 10.1. The molecule has 2 N–H and O–H groups in total. The van der Waals surface area contributed by atoms with E-state index in [0.717, 1.165) is 35.8 Å². The van der Waals surface area contributed by atoms with E-state index in [-0.39, 0.29) is 5.60 Å². The van der Waals surface area contributed by atoms with Gasteiger partial charge in [-0.25, -0.2) is 13.4 Å². The first-order valence-corrected chi connectivity index (χ1v) is 12.1. The molecule has 164 valence electrons. The molecule has 2 aromatic rings. The average molecular weight is 432 g/mol. The predicted octanol–water partition coefficient (Wildman–Crippen LogP) is 3.57. The first-order valence-electron chi connectivity index (χ1n) is 10.2. The number of para-hydroxylation sites is 1. The van der Waals surface area contributed by atoms with Gasteiger partial charge in [0.2, 0.25) is 0 Å². The fraction of sp³-hybridized carbons (Fsp3) is 0.435. The third kappa shape index (κ3) is 8.06. The van der Waals surface area contributed by atoms with E-state index in [1.807, 2.05) is 64.1 Å². The van der Waals surface area contributed by atoms with Crippen molar-refractivity contribution in [2.24, 2.45) is 4.99 Å².